The van der Waals surface area contributed by atoms with Gasteiger partial charge in [-0.05, 0) is 25.1 Å². The van der Waals surface area contributed by atoms with Gasteiger partial charge in [-0.1, -0.05) is 18.5 Å². The normalized spacial score (nSPS) is 12.6. The fraction of sp³-hybridized carbons (Fsp3) is 0.333. The Morgan fingerprint density at radius 3 is 2.71 bits per heavy atom. The molecular formula is C12H14ClN3S. The van der Waals surface area contributed by atoms with Crippen LogP contribution >= 0.6 is 22.9 Å². The van der Waals surface area contributed by atoms with Crippen molar-refractivity contribution < 1.29 is 0 Å². The van der Waals surface area contributed by atoms with E-state index < -0.39 is 0 Å². The molecule has 0 saturated heterocycles. The maximum absolute atomic E-state index is 5.99. The highest BCUT2D eigenvalue weighted by molar-refractivity contribution is 7.16. The monoisotopic (exact) mass is 267 g/mol. The molecular weight excluding hydrogens is 254 g/mol. The molecule has 0 aliphatic heterocycles. The Morgan fingerprint density at radius 1 is 1.35 bits per heavy atom. The molecule has 90 valence electrons. The number of hydrogen-bond donors (Lipinski definition) is 1. The van der Waals surface area contributed by atoms with Crippen molar-refractivity contribution in [3.8, 4) is 0 Å². The summed E-state index contributed by atoms with van der Waals surface area (Å²) < 4.78 is 0.806. The van der Waals surface area contributed by atoms with Crippen molar-refractivity contribution in [2.45, 2.75) is 19.4 Å². The highest BCUT2D eigenvalue weighted by atomic mass is 35.5. The molecule has 0 aliphatic carbocycles. The molecule has 0 radical (unpaired) electrons. The third-order valence-corrected chi connectivity index (χ3v) is 3.69. The summed E-state index contributed by atoms with van der Waals surface area (Å²) in [7, 11) is 0. The first-order valence-corrected chi connectivity index (χ1v) is 6.74. The van der Waals surface area contributed by atoms with Crippen molar-refractivity contribution >= 4 is 22.9 Å². The fourth-order valence-electron chi connectivity index (χ4n) is 1.61. The minimum atomic E-state index is 0.133. The molecule has 0 spiro atoms. The van der Waals surface area contributed by atoms with E-state index in [9.17, 15) is 0 Å². The second-order valence-corrected chi connectivity index (χ2v) is 5.45. The number of nitrogens with zero attached hydrogens (tertiary/aromatic N) is 2. The molecule has 3 nitrogen and oxygen atoms in total. The standard InChI is InChI=1S/C12H14ClN3S/c1-2-5-16-12(9-6-14-8-15-7-9)10-3-4-11(13)17-10/h3-4,6-8,12,16H,2,5H2,1H3. The van der Waals surface area contributed by atoms with Crippen LogP contribution in [0.15, 0.2) is 30.9 Å². The zero-order valence-electron chi connectivity index (χ0n) is 9.56. The van der Waals surface area contributed by atoms with Gasteiger partial charge in [-0.25, -0.2) is 9.97 Å². The molecule has 0 saturated carbocycles. The number of nitrogens with one attached hydrogen (secondary N) is 1. The molecule has 2 rings (SSSR count). The quantitative estimate of drug-likeness (QED) is 0.903. The maximum Gasteiger partial charge on any atom is 0.115 e. The van der Waals surface area contributed by atoms with Crippen LogP contribution in [-0.2, 0) is 0 Å². The first-order valence-electron chi connectivity index (χ1n) is 5.54. The van der Waals surface area contributed by atoms with Gasteiger partial charge in [0.05, 0.1) is 10.4 Å². The van der Waals surface area contributed by atoms with Crippen molar-refractivity contribution in [1.29, 1.82) is 0 Å². The van der Waals surface area contributed by atoms with Crippen LogP contribution in [0.1, 0.15) is 29.8 Å². The second kappa shape index (κ2) is 6.10. The van der Waals surface area contributed by atoms with E-state index in [2.05, 4.69) is 22.2 Å². The topological polar surface area (TPSA) is 37.8 Å². The van der Waals surface area contributed by atoms with E-state index in [4.69, 9.17) is 11.6 Å². The lowest BCUT2D eigenvalue weighted by Gasteiger charge is -2.16. The summed E-state index contributed by atoms with van der Waals surface area (Å²) >= 11 is 7.57. The summed E-state index contributed by atoms with van der Waals surface area (Å²) in [4.78, 5) is 9.33. The molecule has 0 fully saturated rings. The molecule has 2 aromatic rings. The van der Waals surface area contributed by atoms with Crippen LogP contribution in [0.5, 0.6) is 0 Å². The summed E-state index contributed by atoms with van der Waals surface area (Å²) in [6.45, 7) is 3.10. The molecule has 1 atom stereocenters. The Kier molecular flexibility index (Phi) is 4.48. The number of halogens is 1. The van der Waals surface area contributed by atoms with Crippen molar-refractivity contribution in [3.63, 3.8) is 0 Å². The largest absolute Gasteiger partial charge is 0.306 e. The third kappa shape index (κ3) is 3.25. The molecule has 1 unspecified atom stereocenters. The fourth-order valence-corrected chi connectivity index (χ4v) is 2.78. The molecule has 0 amide bonds. The number of thiophene rings is 1. The Morgan fingerprint density at radius 2 is 2.12 bits per heavy atom. The lowest BCUT2D eigenvalue weighted by Crippen LogP contribution is -2.22. The van der Waals surface area contributed by atoms with Gasteiger partial charge in [0.15, 0.2) is 0 Å². The van der Waals surface area contributed by atoms with Crippen molar-refractivity contribution in [1.82, 2.24) is 15.3 Å². The Bertz CT molecular complexity index is 458. The molecule has 1 N–H and O–H groups in total. The van der Waals surface area contributed by atoms with Crippen LogP contribution in [0.3, 0.4) is 0 Å². The van der Waals surface area contributed by atoms with E-state index >= 15 is 0 Å². The van der Waals surface area contributed by atoms with Gasteiger partial charge in [-0.3, -0.25) is 0 Å². The van der Waals surface area contributed by atoms with Gasteiger partial charge in [0.25, 0.3) is 0 Å². The van der Waals surface area contributed by atoms with Crippen molar-refractivity contribution in [2.24, 2.45) is 0 Å². The highest BCUT2D eigenvalue weighted by Crippen LogP contribution is 2.30. The van der Waals surface area contributed by atoms with Gasteiger partial charge < -0.3 is 5.32 Å². The number of rotatable bonds is 5. The van der Waals surface area contributed by atoms with Crippen LogP contribution in [0.2, 0.25) is 4.34 Å². The number of aromatic nitrogens is 2. The summed E-state index contributed by atoms with van der Waals surface area (Å²) in [5.74, 6) is 0. The predicted molar refractivity (Wildman–Crippen MR) is 71.5 cm³/mol. The Balaban J connectivity index is 2.25. The van der Waals surface area contributed by atoms with Crippen LogP contribution in [-0.4, -0.2) is 16.5 Å². The van der Waals surface area contributed by atoms with Gasteiger partial charge in [-0.15, -0.1) is 11.3 Å². The summed E-state index contributed by atoms with van der Waals surface area (Å²) in [6, 6.07) is 4.10. The highest BCUT2D eigenvalue weighted by Gasteiger charge is 2.15. The van der Waals surface area contributed by atoms with E-state index in [1.165, 1.54) is 4.88 Å². The van der Waals surface area contributed by atoms with E-state index in [0.29, 0.717) is 0 Å². The van der Waals surface area contributed by atoms with E-state index in [0.717, 1.165) is 22.9 Å². The maximum atomic E-state index is 5.99. The molecule has 17 heavy (non-hydrogen) atoms. The number of hydrogen-bond acceptors (Lipinski definition) is 4. The average molecular weight is 268 g/mol. The minimum absolute atomic E-state index is 0.133. The second-order valence-electron chi connectivity index (χ2n) is 3.70. The average Bonchev–Trinajstić information content (AvgIpc) is 2.78. The van der Waals surface area contributed by atoms with Gasteiger partial charge in [0.1, 0.15) is 6.33 Å². The zero-order valence-corrected chi connectivity index (χ0v) is 11.1. The van der Waals surface area contributed by atoms with Crippen LogP contribution in [0, 0.1) is 0 Å². The van der Waals surface area contributed by atoms with E-state index in [-0.39, 0.29) is 6.04 Å². The van der Waals surface area contributed by atoms with Crippen LogP contribution in [0.25, 0.3) is 0 Å². The summed E-state index contributed by atoms with van der Waals surface area (Å²) in [5.41, 5.74) is 1.07. The Labute approximate surface area is 110 Å². The molecule has 2 heterocycles. The van der Waals surface area contributed by atoms with Crippen LogP contribution < -0.4 is 5.32 Å². The summed E-state index contributed by atoms with van der Waals surface area (Å²) in [5, 5.41) is 3.49. The Hall–Kier alpha value is -0.970. The third-order valence-electron chi connectivity index (χ3n) is 2.39. The molecule has 0 aliphatic rings. The molecule has 2 aromatic heterocycles. The minimum Gasteiger partial charge on any atom is -0.306 e. The smallest absolute Gasteiger partial charge is 0.115 e. The van der Waals surface area contributed by atoms with Crippen molar-refractivity contribution in [3.05, 3.63) is 45.6 Å². The van der Waals surface area contributed by atoms with E-state index in [1.54, 1.807) is 17.7 Å². The van der Waals surface area contributed by atoms with Gasteiger partial charge in [-0.2, -0.15) is 0 Å². The van der Waals surface area contributed by atoms with Gasteiger partial charge >= 0.3 is 0 Å². The zero-order chi connectivity index (χ0) is 12.1. The lowest BCUT2D eigenvalue weighted by molar-refractivity contribution is 0.602. The SMILES string of the molecule is CCCNC(c1cncnc1)c1ccc(Cl)s1. The van der Waals surface area contributed by atoms with Gasteiger partial charge in [0.2, 0.25) is 0 Å². The summed E-state index contributed by atoms with van der Waals surface area (Å²) in [6.07, 6.45) is 6.31. The molecule has 0 bridgehead atoms. The van der Waals surface area contributed by atoms with Crippen molar-refractivity contribution in [2.75, 3.05) is 6.54 Å². The van der Waals surface area contributed by atoms with Crippen LogP contribution in [0.4, 0.5) is 0 Å². The predicted octanol–water partition coefficient (Wildman–Crippen LogP) is 3.28. The van der Waals surface area contributed by atoms with E-state index in [1.807, 2.05) is 24.5 Å². The first-order chi connectivity index (χ1) is 8.31. The molecule has 5 heteroatoms. The lowest BCUT2D eigenvalue weighted by atomic mass is 10.1. The molecule has 0 aromatic carbocycles. The van der Waals surface area contributed by atoms with Gasteiger partial charge in [0, 0.05) is 22.8 Å². The first kappa shape index (κ1) is 12.5.